The maximum Gasteiger partial charge on any atom is 0.246 e. The molecule has 2 aromatic rings. The Labute approximate surface area is 237 Å². The van der Waals surface area contributed by atoms with Crippen LogP contribution in [0.15, 0.2) is 47.9 Å². The standard InChI is InChI=1S/C30H34ClN3O4S/c1-16-6-4-8-22(18(16)3)33-28(36)26-30-12-11-23(38-30)24(27(35)32-19-10-9-17(2)21(31)14-19)25(30)29(37)34(26)15-20-7-5-13-39-20/h5,7,9-14,16,18,22-26H,4,6,8,15H2,1-3H3,(H,32,35)(H,33,36)/t16-,18+,22-,23-,24+,25-,26-,30-/m1/s1. The zero-order valence-corrected chi connectivity index (χ0v) is 23.9. The van der Waals surface area contributed by atoms with E-state index < -0.39 is 29.6 Å². The van der Waals surface area contributed by atoms with E-state index in [1.54, 1.807) is 28.4 Å². The van der Waals surface area contributed by atoms with E-state index in [9.17, 15) is 14.4 Å². The molecule has 3 amide bonds. The Morgan fingerprint density at radius 1 is 1.21 bits per heavy atom. The SMILES string of the molecule is Cc1ccc(NC(=O)[C@H]2[C@H]3C=C[C@@]4(O3)[C@H]2C(=O)N(Cc2cccs2)[C@@H]4C(=O)N[C@@H]2CCC[C@@H](C)[C@@H]2C)cc1Cl. The topological polar surface area (TPSA) is 87.7 Å². The predicted octanol–water partition coefficient (Wildman–Crippen LogP) is 4.94. The zero-order valence-electron chi connectivity index (χ0n) is 22.4. The smallest absolute Gasteiger partial charge is 0.246 e. The second kappa shape index (κ2) is 10.1. The number of fused-ring (bicyclic) bond motifs is 1. The number of nitrogens with one attached hydrogen (secondary N) is 2. The average molecular weight is 568 g/mol. The van der Waals surface area contributed by atoms with Gasteiger partial charge in [-0.3, -0.25) is 14.4 Å². The summed E-state index contributed by atoms with van der Waals surface area (Å²) in [4.78, 5) is 44.5. The Morgan fingerprint density at radius 2 is 2.03 bits per heavy atom. The Kier molecular flexibility index (Phi) is 6.84. The van der Waals surface area contributed by atoms with E-state index in [1.807, 2.05) is 42.7 Å². The quantitative estimate of drug-likeness (QED) is 0.484. The Bertz CT molecular complexity index is 1330. The number of halogens is 1. The van der Waals surface area contributed by atoms with Gasteiger partial charge in [-0.2, -0.15) is 0 Å². The fourth-order valence-electron chi connectivity index (χ4n) is 6.95. The molecule has 2 N–H and O–H groups in total. The Balaban J connectivity index is 1.31. The number of thiophene rings is 1. The molecule has 7 nitrogen and oxygen atoms in total. The third kappa shape index (κ3) is 4.41. The van der Waals surface area contributed by atoms with Crippen LogP contribution in [0.2, 0.25) is 5.02 Å². The molecule has 4 heterocycles. The lowest BCUT2D eigenvalue weighted by Gasteiger charge is -2.38. The normalized spacial score (nSPS) is 34.8. The number of carbonyl (C=O) groups excluding carboxylic acids is 3. The molecule has 8 atom stereocenters. The zero-order chi connectivity index (χ0) is 27.5. The number of hydrogen-bond donors (Lipinski definition) is 2. The molecule has 1 aromatic carbocycles. The number of aryl methyl sites for hydroxylation is 1. The number of likely N-dealkylation sites (tertiary alicyclic amines) is 1. The fourth-order valence-corrected chi connectivity index (χ4v) is 7.83. The molecule has 1 aliphatic carbocycles. The molecule has 0 unspecified atom stereocenters. The van der Waals surface area contributed by atoms with E-state index in [1.165, 1.54) is 0 Å². The molecule has 6 rings (SSSR count). The minimum Gasteiger partial charge on any atom is -0.359 e. The average Bonchev–Trinajstić information content (AvgIpc) is 3.67. The third-order valence-corrected chi connectivity index (χ3v) is 10.6. The second-order valence-electron chi connectivity index (χ2n) is 11.6. The molecule has 4 aliphatic rings. The van der Waals surface area contributed by atoms with Gasteiger partial charge in [0.05, 0.1) is 24.5 Å². The summed E-state index contributed by atoms with van der Waals surface area (Å²) < 4.78 is 6.47. The first-order valence-corrected chi connectivity index (χ1v) is 15.0. The molecule has 39 heavy (non-hydrogen) atoms. The lowest BCUT2D eigenvalue weighted by Crippen LogP contribution is -2.57. The summed E-state index contributed by atoms with van der Waals surface area (Å²) in [6.07, 6.45) is 6.27. The van der Waals surface area contributed by atoms with Crippen LogP contribution in [0.5, 0.6) is 0 Å². The highest BCUT2D eigenvalue weighted by molar-refractivity contribution is 7.09. The van der Waals surface area contributed by atoms with Crippen molar-refractivity contribution < 1.29 is 19.1 Å². The second-order valence-corrected chi connectivity index (χ2v) is 13.0. The summed E-state index contributed by atoms with van der Waals surface area (Å²) in [6, 6.07) is 8.43. The van der Waals surface area contributed by atoms with E-state index >= 15 is 0 Å². The number of amides is 3. The van der Waals surface area contributed by atoms with Crippen LogP contribution in [-0.2, 0) is 25.7 Å². The number of nitrogens with zero attached hydrogens (tertiary/aromatic N) is 1. The molecular formula is C30H34ClN3O4S. The van der Waals surface area contributed by atoms with Gasteiger partial charge in [0.15, 0.2) is 0 Å². The molecule has 1 spiro atoms. The summed E-state index contributed by atoms with van der Waals surface area (Å²) in [5.41, 5.74) is 0.289. The summed E-state index contributed by atoms with van der Waals surface area (Å²) in [5, 5.41) is 8.75. The Morgan fingerprint density at radius 3 is 2.77 bits per heavy atom. The predicted molar refractivity (Wildman–Crippen MR) is 151 cm³/mol. The maximum absolute atomic E-state index is 14.1. The lowest BCUT2D eigenvalue weighted by atomic mass is 9.73. The minimum atomic E-state index is -1.18. The molecule has 9 heteroatoms. The van der Waals surface area contributed by atoms with E-state index in [-0.39, 0.29) is 23.8 Å². The van der Waals surface area contributed by atoms with E-state index in [0.717, 1.165) is 29.7 Å². The highest BCUT2D eigenvalue weighted by Crippen LogP contribution is 2.55. The number of carbonyl (C=O) groups is 3. The minimum absolute atomic E-state index is 0.0448. The first-order chi connectivity index (χ1) is 18.7. The number of anilines is 1. The van der Waals surface area contributed by atoms with Crippen LogP contribution in [0.1, 0.15) is 43.6 Å². The molecular weight excluding hydrogens is 534 g/mol. The number of ether oxygens (including phenoxy) is 1. The monoisotopic (exact) mass is 567 g/mol. The van der Waals surface area contributed by atoms with Crippen molar-refractivity contribution in [1.82, 2.24) is 10.2 Å². The van der Waals surface area contributed by atoms with Crippen LogP contribution in [0.3, 0.4) is 0 Å². The number of rotatable bonds is 6. The van der Waals surface area contributed by atoms with Gasteiger partial charge in [0.1, 0.15) is 11.6 Å². The lowest BCUT2D eigenvalue weighted by molar-refractivity contribution is -0.142. The molecule has 2 saturated heterocycles. The molecule has 3 aliphatic heterocycles. The third-order valence-electron chi connectivity index (χ3n) is 9.31. The molecule has 206 valence electrons. The van der Waals surface area contributed by atoms with Crippen LogP contribution in [-0.4, -0.2) is 46.4 Å². The summed E-state index contributed by atoms with van der Waals surface area (Å²) in [5.74, 6) is -1.41. The molecule has 1 aromatic heterocycles. The first-order valence-electron chi connectivity index (χ1n) is 13.8. The maximum atomic E-state index is 14.1. The van der Waals surface area contributed by atoms with Crippen molar-refractivity contribution in [2.45, 2.75) is 70.4 Å². The van der Waals surface area contributed by atoms with Crippen LogP contribution in [0.4, 0.5) is 5.69 Å². The van der Waals surface area contributed by atoms with Crippen molar-refractivity contribution in [2.24, 2.45) is 23.7 Å². The number of hydrogen-bond acceptors (Lipinski definition) is 5. The highest BCUT2D eigenvalue weighted by atomic mass is 35.5. The largest absolute Gasteiger partial charge is 0.359 e. The molecule has 3 fully saturated rings. The van der Waals surface area contributed by atoms with Crippen molar-refractivity contribution in [3.8, 4) is 0 Å². The van der Waals surface area contributed by atoms with Crippen molar-refractivity contribution >= 4 is 46.3 Å². The van der Waals surface area contributed by atoms with Crippen molar-refractivity contribution in [2.75, 3.05) is 5.32 Å². The van der Waals surface area contributed by atoms with Crippen molar-refractivity contribution in [3.63, 3.8) is 0 Å². The number of benzene rings is 1. The summed E-state index contributed by atoms with van der Waals surface area (Å²) in [6.45, 7) is 6.61. The van der Waals surface area contributed by atoms with Gasteiger partial charge in [0.25, 0.3) is 0 Å². The van der Waals surface area contributed by atoms with Gasteiger partial charge in [-0.25, -0.2) is 0 Å². The van der Waals surface area contributed by atoms with Gasteiger partial charge >= 0.3 is 0 Å². The Hall–Kier alpha value is -2.68. The van der Waals surface area contributed by atoms with Gasteiger partial charge < -0.3 is 20.3 Å². The van der Waals surface area contributed by atoms with E-state index in [0.29, 0.717) is 29.1 Å². The summed E-state index contributed by atoms with van der Waals surface area (Å²) >= 11 is 7.82. The van der Waals surface area contributed by atoms with Gasteiger partial charge in [-0.1, -0.05) is 62.6 Å². The van der Waals surface area contributed by atoms with Crippen molar-refractivity contribution in [1.29, 1.82) is 0 Å². The van der Waals surface area contributed by atoms with Crippen LogP contribution in [0, 0.1) is 30.6 Å². The summed E-state index contributed by atoms with van der Waals surface area (Å²) in [7, 11) is 0. The van der Waals surface area contributed by atoms with Gasteiger partial charge in [0.2, 0.25) is 17.7 Å². The van der Waals surface area contributed by atoms with Crippen molar-refractivity contribution in [3.05, 3.63) is 63.3 Å². The molecule has 0 radical (unpaired) electrons. The van der Waals surface area contributed by atoms with Gasteiger partial charge in [-0.05, 0) is 54.3 Å². The van der Waals surface area contributed by atoms with E-state index in [4.69, 9.17) is 16.3 Å². The van der Waals surface area contributed by atoms with Crippen LogP contribution >= 0.6 is 22.9 Å². The highest BCUT2D eigenvalue weighted by Gasteiger charge is 2.72. The van der Waals surface area contributed by atoms with Gasteiger partial charge in [0, 0.05) is 21.6 Å². The van der Waals surface area contributed by atoms with E-state index in [2.05, 4.69) is 24.5 Å². The first kappa shape index (κ1) is 26.5. The molecule has 2 bridgehead atoms. The fraction of sp³-hybridized carbons (Fsp3) is 0.500. The van der Waals surface area contributed by atoms with Crippen LogP contribution in [0.25, 0.3) is 0 Å². The van der Waals surface area contributed by atoms with Gasteiger partial charge in [-0.15, -0.1) is 11.3 Å². The van der Waals surface area contributed by atoms with Crippen LogP contribution < -0.4 is 10.6 Å². The molecule has 1 saturated carbocycles.